The third-order valence-corrected chi connectivity index (χ3v) is 6.47. The van der Waals surface area contributed by atoms with Crippen molar-refractivity contribution in [3.63, 3.8) is 0 Å². The number of halogens is 1. The number of likely N-dealkylation sites (N-methyl/N-ethyl adjacent to an activating group) is 1. The average molecular weight is 450 g/mol. The second-order valence-corrected chi connectivity index (χ2v) is 9.33. The number of hydrogen-bond acceptors (Lipinski definition) is 4. The van der Waals surface area contributed by atoms with Crippen LogP contribution in [0.25, 0.3) is 22.4 Å². The van der Waals surface area contributed by atoms with Gasteiger partial charge in [0.1, 0.15) is 12.4 Å². The van der Waals surface area contributed by atoms with E-state index in [0.717, 1.165) is 36.2 Å². The Morgan fingerprint density at radius 1 is 1.18 bits per heavy atom. The summed E-state index contributed by atoms with van der Waals surface area (Å²) in [6, 6.07) is 10.6. The molecule has 0 saturated carbocycles. The molecule has 1 aliphatic heterocycles. The summed E-state index contributed by atoms with van der Waals surface area (Å²) in [4.78, 5) is 15.2. The highest BCUT2D eigenvalue weighted by Crippen LogP contribution is 2.39. The van der Waals surface area contributed by atoms with Crippen LogP contribution in [0.3, 0.4) is 0 Å². The molecular weight excluding hydrogens is 417 g/mol. The van der Waals surface area contributed by atoms with Gasteiger partial charge in [-0.1, -0.05) is 43.3 Å². The van der Waals surface area contributed by atoms with E-state index in [9.17, 15) is 9.18 Å². The van der Waals surface area contributed by atoms with Crippen LogP contribution in [0.5, 0.6) is 0 Å². The number of rotatable bonds is 6. The summed E-state index contributed by atoms with van der Waals surface area (Å²) in [5, 5.41) is 6.96. The second kappa shape index (κ2) is 9.48. The lowest BCUT2D eigenvalue weighted by molar-refractivity contribution is 0.0915. The molecule has 0 fully saturated rings. The van der Waals surface area contributed by atoms with E-state index in [0.29, 0.717) is 17.2 Å². The maximum absolute atomic E-state index is 12.9. The number of hydrogen-bond donors (Lipinski definition) is 1. The Labute approximate surface area is 195 Å². The van der Waals surface area contributed by atoms with Gasteiger partial charge in [0.05, 0.1) is 5.56 Å². The minimum Gasteiger partial charge on any atom is -0.350 e. The number of alkyl halides is 1. The van der Waals surface area contributed by atoms with Crippen LogP contribution in [0.1, 0.15) is 58.1 Å². The SMILES string of the molecule is Cc1cc(C)c(C(C)C)cc1-c1noc(C(=O)NCCF)c1-c1ccc2c(c1)CCN(C)C2. The first-order chi connectivity index (χ1) is 15.8. The Balaban J connectivity index is 1.89. The molecule has 0 aliphatic carbocycles. The number of benzene rings is 2. The molecule has 33 heavy (non-hydrogen) atoms. The van der Waals surface area contributed by atoms with Gasteiger partial charge in [-0.25, -0.2) is 4.39 Å². The first-order valence-electron chi connectivity index (χ1n) is 11.6. The van der Waals surface area contributed by atoms with Crippen molar-refractivity contribution in [1.82, 2.24) is 15.4 Å². The smallest absolute Gasteiger partial charge is 0.290 e. The van der Waals surface area contributed by atoms with Crippen molar-refractivity contribution >= 4 is 5.91 Å². The van der Waals surface area contributed by atoms with Crippen molar-refractivity contribution in [2.24, 2.45) is 0 Å². The molecule has 174 valence electrons. The van der Waals surface area contributed by atoms with Crippen molar-refractivity contribution in [3.8, 4) is 22.4 Å². The lowest BCUT2D eigenvalue weighted by Crippen LogP contribution is -2.26. The molecule has 0 saturated heterocycles. The van der Waals surface area contributed by atoms with E-state index >= 15 is 0 Å². The molecule has 2 heterocycles. The van der Waals surface area contributed by atoms with Gasteiger partial charge in [-0.2, -0.15) is 0 Å². The van der Waals surface area contributed by atoms with Gasteiger partial charge in [-0.05, 0) is 72.7 Å². The molecular formula is C27H32FN3O2. The van der Waals surface area contributed by atoms with Crippen LogP contribution in [0, 0.1) is 13.8 Å². The van der Waals surface area contributed by atoms with Crippen LogP contribution in [-0.4, -0.2) is 42.8 Å². The summed E-state index contributed by atoms with van der Waals surface area (Å²) < 4.78 is 18.3. The normalized spacial score (nSPS) is 13.9. The quantitative estimate of drug-likeness (QED) is 0.545. The summed E-state index contributed by atoms with van der Waals surface area (Å²) in [6.45, 7) is 9.71. The third-order valence-electron chi connectivity index (χ3n) is 6.47. The van der Waals surface area contributed by atoms with Crippen molar-refractivity contribution in [1.29, 1.82) is 0 Å². The number of nitrogens with one attached hydrogen (secondary N) is 1. The summed E-state index contributed by atoms with van der Waals surface area (Å²) in [5.41, 5.74) is 9.26. The number of aryl methyl sites for hydroxylation is 2. The van der Waals surface area contributed by atoms with Gasteiger partial charge in [0.2, 0.25) is 5.76 Å². The summed E-state index contributed by atoms with van der Waals surface area (Å²) in [7, 11) is 2.12. The van der Waals surface area contributed by atoms with Crippen LogP contribution in [-0.2, 0) is 13.0 Å². The van der Waals surface area contributed by atoms with Crippen molar-refractivity contribution in [2.75, 3.05) is 26.8 Å². The molecule has 0 radical (unpaired) electrons. The fourth-order valence-corrected chi connectivity index (χ4v) is 4.73. The number of aromatic nitrogens is 1. The summed E-state index contributed by atoms with van der Waals surface area (Å²) in [6.07, 6.45) is 0.949. The van der Waals surface area contributed by atoms with E-state index in [1.165, 1.54) is 22.3 Å². The molecule has 0 atom stereocenters. The van der Waals surface area contributed by atoms with Gasteiger partial charge in [0.25, 0.3) is 5.91 Å². The largest absolute Gasteiger partial charge is 0.350 e. The number of carbonyl (C=O) groups excluding carboxylic acids is 1. The Morgan fingerprint density at radius 2 is 1.97 bits per heavy atom. The van der Waals surface area contributed by atoms with Crippen LogP contribution in [0.4, 0.5) is 4.39 Å². The number of fused-ring (bicyclic) bond motifs is 1. The molecule has 1 N–H and O–H groups in total. The van der Waals surface area contributed by atoms with Crippen molar-refractivity contribution in [3.05, 3.63) is 63.9 Å². The predicted octanol–water partition coefficient (Wildman–Crippen LogP) is 5.44. The zero-order chi connectivity index (χ0) is 23.7. The second-order valence-electron chi connectivity index (χ2n) is 9.33. The standard InChI is InChI=1S/C27H32FN3O2/c1-16(2)22-14-23(18(4)12-17(22)3)25-24(26(33-30-25)27(32)29-10-9-28)20-6-7-21-15-31(5)11-8-19(21)13-20/h6-7,12-14,16H,8-11,15H2,1-5H3,(H,29,32). The maximum atomic E-state index is 12.9. The molecule has 1 amide bonds. The monoisotopic (exact) mass is 449 g/mol. The summed E-state index contributed by atoms with van der Waals surface area (Å²) >= 11 is 0. The zero-order valence-electron chi connectivity index (χ0n) is 20.1. The Morgan fingerprint density at radius 3 is 2.70 bits per heavy atom. The van der Waals surface area contributed by atoms with Gasteiger partial charge in [-0.15, -0.1) is 0 Å². The highest BCUT2D eigenvalue weighted by molar-refractivity contribution is 6.02. The number of amides is 1. The van der Waals surface area contributed by atoms with E-state index < -0.39 is 12.6 Å². The lowest BCUT2D eigenvalue weighted by Gasteiger charge is -2.25. The Bertz CT molecular complexity index is 1180. The predicted molar refractivity (Wildman–Crippen MR) is 129 cm³/mol. The highest BCUT2D eigenvalue weighted by atomic mass is 19.1. The number of nitrogens with zero attached hydrogens (tertiary/aromatic N) is 2. The van der Waals surface area contributed by atoms with E-state index in [4.69, 9.17) is 4.52 Å². The minimum absolute atomic E-state index is 0.0636. The van der Waals surface area contributed by atoms with Crippen LogP contribution in [0.15, 0.2) is 34.9 Å². The maximum Gasteiger partial charge on any atom is 0.290 e. The van der Waals surface area contributed by atoms with E-state index in [1.807, 2.05) is 6.07 Å². The molecule has 5 nitrogen and oxygen atoms in total. The van der Waals surface area contributed by atoms with Crippen LogP contribution >= 0.6 is 0 Å². The minimum atomic E-state index is -0.636. The van der Waals surface area contributed by atoms with Gasteiger partial charge >= 0.3 is 0 Å². The van der Waals surface area contributed by atoms with Gasteiger partial charge in [0, 0.05) is 25.2 Å². The molecule has 0 spiro atoms. The molecule has 4 rings (SSSR count). The lowest BCUT2D eigenvalue weighted by atomic mass is 9.88. The first-order valence-corrected chi connectivity index (χ1v) is 11.6. The van der Waals surface area contributed by atoms with E-state index in [-0.39, 0.29) is 12.3 Å². The molecule has 6 heteroatoms. The average Bonchev–Trinajstić information content (AvgIpc) is 3.21. The van der Waals surface area contributed by atoms with Crippen molar-refractivity contribution in [2.45, 2.75) is 46.6 Å². The van der Waals surface area contributed by atoms with Crippen LogP contribution in [0.2, 0.25) is 0 Å². The highest BCUT2D eigenvalue weighted by Gasteiger charge is 2.27. The molecule has 1 aromatic heterocycles. The van der Waals surface area contributed by atoms with Gasteiger partial charge in [-0.3, -0.25) is 4.79 Å². The number of carbonyl (C=O) groups is 1. The Kier molecular flexibility index (Phi) is 6.66. The fraction of sp³-hybridized carbons (Fsp3) is 0.407. The van der Waals surface area contributed by atoms with E-state index in [2.05, 4.69) is 74.4 Å². The van der Waals surface area contributed by atoms with Gasteiger partial charge < -0.3 is 14.7 Å². The topological polar surface area (TPSA) is 58.4 Å². The molecule has 3 aromatic rings. The summed E-state index contributed by atoms with van der Waals surface area (Å²) in [5.74, 6) is 0.0258. The zero-order valence-corrected chi connectivity index (χ0v) is 20.1. The molecule has 0 unspecified atom stereocenters. The van der Waals surface area contributed by atoms with Crippen LogP contribution < -0.4 is 5.32 Å². The molecule has 2 aromatic carbocycles. The van der Waals surface area contributed by atoms with Gasteiger partial charge in [0.15, 0.2) is 0 Å². The molecule has 0 bridgehead atoms. The molecule has 1 aliphatic rings. The van der Waals surface area contributed by atoms with Crippen molar-refractivity contribution < 1.29 is 13.7 Å². The third kappa shape index (κ3) is 4.58. The van der Waals surface area contributed by atoms with E-state index in [1.54, 1.807) is 0 Å². The first kappa shape index (κ1) is 23.2. The fourth-order valence-electron chi connectivity index (χ4n) is 4.73. The Hall–Kier alpha value is -2.99.